The van der Waals surface area contributed by atoms with E-state index < -0.39 is 0 Å². The zero-order chi connectivity index (χ0) is 10.1. The minimum atomic E-state index is 0.391. The topological polar surface area (TPSA) is 64.9 Å². The van der Waals surface area contributed by atoms with Crippen LogP contribution >= 0.6 is 11.3 Å². The highest BCUT2D eigenvalue weighted by atomic mass is 32.1. The molecule has 2 heterocycles. The number of thiophene rings is 1. The molecule has 0 bridgehead atoms. The highest BCUT2D eigenvalue weighted by molar-refractivity contribution is 7.13. The van der Waals surface area contributed by atoms with Crippen molar-refractivity contribution in [2.24, 2.45) is 0 Å². The molecule has 0 atom stereocenters. The first-order chi connectivity index (χ1) is 6.66. The average molecular weight is 205 g/mol. The molecule has 0 aliphatic heterocycles. The van der Waals surface area contributed by atoms with E-state index in [2.05, 4.69) is 23.4 Å². The Balaban J connectivity index is 2.47. The van der Waals surface area contributed by atoms with Crippen molar-refractivity contribution in [1.82, 2.24) is 4.98 Å². The smallest absolute Gasteiger partial charge is 0.146 e. The summed E-state index contributed by atoms with van der Waals surface area (Å²) < 4.78 is 0. The molecule has 0 aromatic carbocycles. The van der Waals surface area contributed by atoms with Gasteiger partial charge in [-0.2, -0.15) is 0 Å². The maximum Gasteiger partial charge on any atom is 0.146 e. The lowest BCUT2D eigenvalue weighted by atomic mass is 10.2. The molecule has 0 radical (unpaired) electrons. The van der Waals surface area contributed by atoms with E-state index in [1.807, 2.05) is 6.07 Å². The summed E-state index contributed by atoms with van der Waals surface area (Å²) in [7, 11) is 0. The van der Waals surface area contributed by atoms with E-state index in [-0.39, 0.29) is 0 Å². The van der Waals surface area contributed by atoms with Crippen molar-refractivity contribution in [3.63, 3.8) is 0 Å². The second-order valence-electron chi connectivity index (χ2n) is 3.19. The quantitative estimate of drug-likeness (QED) is 0.750. The van der Waals surface area contributed by atoms with E-state index in [0.29, 0.717) is 11.5 Å². The van der Waals surface area contributed by atoms with E-state index in [1.54, 1.807) is 17.5 Å². The number of rotatable bonds is 1. The van der Waals surface area contributed by atoms with Gasteiger partial charge in [0.25, 0.3) is 0 Å². The van der Waals surface area contributed by atoms with Crippen LogP contribution in [0.1, 0.15) is 5.56 Å². The Hall–Kier alpha value is -1.55. The molecule has 0 aliphatic carbocycles. The standard InChI is InChI=1S/C10H11N3S/c1-6-2-9(14-5-6)7-3-8(11)10(12)13-4-7/h2-5H,11H2,1H3,(H2,12,13). The normalized spacial score (nSPS) is 10.4. The van der Waals surface area contributed by atoms with Crippen molar-refractivity contribution >= 4 is 22.8 Å². The van der Waals surface area contributed by atoms with E-state index in [0.717, 1.165) is 5.56 Å². The summed E-state index contributed by atoms with van der Waals surface area (Å²) in [4.78, 5) is 5.19. The van der Waals surface area contributed by atoms with Gasteiger partial charge >= 0.3 is 0 Å². The molecule has 0 aliphatic rings. The fraction of sp³-hybridized carbons (Fsp3) is 0.100. The van der Waals surface area contributed by atoms with Gasteiger partial charge in [0.15, 0.2) is 0 Å². The third kappa shape index (κ3) is 1.56. The van der Waals surface area contributed by atoms with Gasteiger partial charge < -0.3 is 11.5 Å². The summed E-state index contributed by atoms with van der Waals surface area (Å²) >= 11 is 1.68. The van der Waals surface area contributed by atoms with E-state index in [1.165, 1.54) is 10.4 Å². The van der Waals surface area contributed by atoms with Gasteiger partial charge in [-0.25, -0.2) is 4.98 Å². The van der Waals surface area contributed by atoms with E-state index in [4.69, 9.17) is 11.5 Å². The predicted octanol–water partition coefficient (Wildman–Crippen LogP) is 2.28. The molecule has 0 saturated heterocycles. The van der Waals surface area contributed by atoms with Crippen molar-refractivity contribution < 1.29 is 0 Å². The molecule has 0 unspecified atom stereocenters. The fourth-order valence-electron chi connectivity index (χ4n) is 1.21. The highest BCUT2D eigenvalue weighted by Crippen LogP contribution is 2.28. The van der Waals surface area contributed by atoms with Crippen LogP contribution in [0.15, 0.2) is 23.7 Å². The maximum absolute atomic E-state index is 5.68. The Morgan fingerprint density at radius 1 is 1.29 bits per heavy atom. The molecule has 0 saturated carbocycles. The van der Waals surface area contributed by atoms with Crippen molar-refractivity contribution in [2.75, 3.05) is 11.5 Å². The van der Waals surface area contributed by atoms with Crippen molar-refractivity contribution in [3.05, 3.63) is 29.3 Å². The van der Waals surface area contributed by atoms with E-state index >= 15 is 0 Å². The SMILES string of the molecule is Cc1csc(-c2cnc(N)c(N)c2)c1. The number of anilines is 2. The van der Waals surface area contributed by atoms with Crippen LogP contribution in [0.25, 0.3) is 10.4 Å². The predicted molar refractivity (Wildman–Crippen MR) is 61.1 cm³/mol. The first kappa shape index (κ1) is 9.02. The molecule has 3 nitrogen and oxygen atoms in total. The average Bonchev–Trinajstić information content (AvgIpc) is 2.57. The third-order valence-electron chi connectivity index (χ3n) is 1.96. The number of aryl methyl sites for hydroxylation is 1. The van der Waals surface area contributed by atoms with Crippen LogP contribution in [0.2, 0.25) is 0 Å². The van der Waals surface area contributed by atoms with E-state index in [9.17, 15) is 0 Å². The van der Waals surface area contributed by atoms with Gasteiger partial charge in [-0.15, -0.1) is 11.3 Å². The molecule has 72 valence electrons. The molecule has 0 amide bonds. The molecule has 2 aromatic rings. The zero-order valence-corrected chi connectivity index (χ0v) is 8.64. The molecule has 0 spiro atoms. The first-order valence-electron chi connectivity index (χ1n) is 4.23. The number of hydrogen-bond donors (Lipinski definition) is 2. The lowest BCUT2D eigenvalue weighted by Gasteiger charge is -2.01. The molecular formula is C10H11N3S. The number of nitrogens with zero attached hydrogens (tertiary/aromatic N) is 1. The molecular weight excluding hydrogens is 194 g/mol. The van der Waals surface area contributed by atoms with Gasteiger partial charge in [-0.05, 0) is 30.0 Å². The summed E-state index contributed by atoms with van der Waals surface area (Å²) in [6.45, 7) is 2.06. The highest BCUT2D eigenvalue weighted by Gasteiger charge is 2.03. The minimum absolute atomic E-state index is 0.391. The number of aromatic nitrogens is 1. The van der Waals surface area contributed by atoms with Gasteiger partial charge in [-0.1, -0.05) is 0 Å². The lowest BCUT2D eigenvalue weighted by molar-refractivity contribution is 1.34. The number of hydrogen-bond acceptors (Lipinski definition) is 4. The Morgan fingerprint density at radius 2 is 2.07 bits per heavy atom. The number of nitrogen functional groups attached to an aromatic ring is 2. The largest absolute Gasteiger partial charge is 0.396 e. The molecule has 0 fully saturated rings. The van der Waals surface area contributed by atoms with Crippen LogP contribution in [0, 0.1) is 6.92 Å². The van der Waals surface area contributed by atoms with Crippen molar-refractivity contribution in [1.29, 1.82) is 0 Å². The Kier molecular flexibility index (Phi) is 2.13. The number of pyridine rings is 1. The van der Waals surface area contributed by atoms with Gasteiger partial charge in [0.05, 0.1) is 5.69 Å². The Morgan fingerprint density at radius 3 is 2.64 bits per heavy atom. The van der Waals surface area contributed by atoms with Crippen LogP contribution in [-0.2, 0) is 0 Å². The summed E-state index contributed by atoms with van der Waals surface area (Å²) in [5.41, 5.74) is 14.0. The molecule has 4 heteroatoms. The minimum Gasteiger partial charge on any atom is -0.396 e. The van der Waals surface area contributed by atoms with Crippen LogP contribution < -0.4 is 11.5 Å². The van der Waals surface area contributed by atoms with Crippen LogP contribution in [0.4, 0.5) is 11.5 Å². The monoisotopic (exact) mass is 205 g/mol. The van der Waals surface area contributed by atoms with Crippen LogP contribution in [0.3, 0.4) is 0 Å². The molecule has 14 heavy (non-hydrogen) atoms. The van der Waals surface area contributed by atoms with Crippen molar-refractivity contribution in [2.45, 2.75) is 6.92 Å². The first-order valence-corrected chi connectivity index (χ1v) is 5.11. The van der Waals surface area contributed by atoms with Crippen molar-refractivity contribution in [3.8, 4) is 10.4 Å². The number of nitrogens with two attached hydrogens (primary N) is 2. The third-order valence-corrected chi connectivity index (χ3v) is 3.06. The van der Waals surface area contributed by atoms with Gasteiger partial charge in [0.1, 0.15) is 5.82 Å². The second kappa shape index (κ2) is 3.31. The summed E-state index contributed by atoms with van der Waals surface area (Å²) in [5, 5.41) is 2.10. The summed E-state index contributed by atoms with van der Waals surface area (Å²) in [6, 6.07) is 3.96. The zero-order valence-electron chi connectivity index (χ0n) is 7.82. The Bertz CT molecular complexity index is 462. The van der Waals surface area contributed by atoms with Gasteiger partial charge in [0, 0.05) is 16.6 Å². The Labute approximate surface area is 86.4 Å². The summed E-state index contributed by atoms with van der Waals surface area (Å²) in [5.74, 6) is 0.391. The summed E-state index contributed by atoms with van der Waals surface area (Å²) in [6.07, 6.45) is 1.75. The molecule has 2 rings (SSSR count). The van der Waals surface area contributed by atoms with Gasteiger partial charge in [-0.3, -0.25) is 0 Å². The molecule has 2 aromatic heterocycles. The molecule has 4 N–H and O–H groups in total. The lowest BCUT2D eigenvalue weighted by Crippen LogP contribution is -1.97. The fourth-order valence-corrected chi connectivity index (χ4v) is 2.09. The van der Waals surface area contributed by atoms with Crippen LogP contribution in [-0.4, -0.2) is 4.98 Å². The van der Waals surface area contributed by atoms with Crippen LogP contribution in [0.5, 0.6) is 0 Å². The maximum atomic E-state index is 5.68. The second-order valence-corrected chi connectivity index (χ2v) is 4.10. The van der Waals surface area contributed by atoms with Gasteiger partial charge in [0.2, 0.25) is 0 Å².